The van der Waals surface area contributed by atoms with E-state index in [0.717, 1.165) is 40.9 Å². The molecule has 3 aliphatic rings. The molecule has 1 unspecified atom stereocenters. The van der Waals surface area contributed by atoms with Crippen LogP contribution >= 0.6 is 0 Å². The number of aromatic amines is 1. The Kier molecular flexibility index (Phi) is 5.14. The van der Waals surface area contributed by atoms with Crippen LogP contribution in [0.15, 0.2) is 59.4 Å². The predicted molar refractivity (Wildman–Crippen MR) is 136 cm³/mol. The summed E-state index contributed by atoms with van der Waals surface area (Å²) in [5.74, 6) is 0.0710. The molecular weight excluding hydrogens is 454 g/mol. The number of rotatable bonds is 4. The molecule has 1 aliphatic heterocycles. The number of aryl methyl sites for hydroxylation is 1. The molecular formula is C29H31N3O4. The van der Waals surface area contributed by atoms with E-state index in [2.05, 4.69) is 15.2 Å². The Bertz CT molecular complexity index is 1420. The zero-order valence-electron chi connectivity index (χ0n) is 20.5. The third-order valence-electron chi connectivity index (χ3n) is 8.80. The van der Waals surface area contributed by atoms with Crippen molar-refractivity contribution in [2.75, 3.05) is 13.6 Å². The second-order valence-electron chi connectivity index (χ2n) is 10.9. The minimum Gasteiger partial charge on any atom is -0.508 e. The minimum absolute atomic E-state index is 0.0188. The third kappa shape index (κ3) is 3.26. The molecule has 4 N–H and O–H groups in total. The van der Waals surface area contributed by atoms with Crippen molar-refractivity contribution in [3.63, 3.8) is 0 Å². The first kappa shape index (κ1) is 23.0. The average molecular weight is 486 g/mol. The van der Waals surface area contributed by atoms with Gasteiger partial charge in [0.1, 0.15) is 11.3 Å². The van der Waals surface area contributed by atoms with Crippen molar-refractivity contribution in [2.45, 2.75) is 49.8 Å². The highest BCUT2D eigenvalue weighted by atomic mass is 16.3. The van der Waals surface area contributed by atoms with Gasteiger partial charge in [0, 0.05) is 43.1 Å². The van der Waals surface area contributed by atoms with E-state index >= 15 is 0 Å². The number of carbonyl (C=O) groups excluding carboxylic acids is 1. The fourth-order valence-corrected chi connectivity index (χ4v) is 7.27. The van der Waals surface area contributed by atoms with Crippen LogP contribution in [0.4, 0.5) is 0 Å². The van der Waals surface area contributed by atoms with Gasteiger partial charge in [0.2, 0.25) is 0 Å². The van der Waals surface area contributed by atoms with Gasteiger partial charge in [-0.1, -0.05) is 36.4 Å². The summed E-state index contributed by atoms with van der Waals surface area (Å²) < 4.78 is 0. The summed E-state index contributed by atoms with van der Waals surface area (Å²) in [7, 11) is 2.04. The highest BCUT2D eigenvalue weighted by molar-refractivity contribution is 5.94. The Morgan fingerprint density at radius 1 is 1.17 bits per heavy atom. The molecule has 1 aromatic heterocycles. The summed E-state index contributed by atoms with van der Waals surface area (Å²) in [6, 6.07) is 16.5. The summed E-state index contributed by atoms with van der Waals surface area (Å²) in [6.45, 7) is 3.24. The maximum Gasteiger partial charge on any atom is 0.261 e. The third-order valence-corrected chi connectivity index (χ3v) is 8.80. The zero-order chi connectivity index (χ0) is 25.2. The lowest BCUT2D eigenvalue weighted by atomic mass is 9.59. The summed E-state index contributed by atoms with van der Waals surface area (Å²) in [4.78, 5) is 31.2. The molecule has 1 amide bonds. The van der Waals surface area contributed by atoms with Gasteiger partial charge in [-0.2, -0.15) is 0 Å². The molecule has 7 nitrogen and oxygen atoms in total. The number of aromatic hydroxyl groups is 1. The van der Waals surface area contributed by atoms with Gasteiger partial charge < -0.3 is 20.5 Å². The van der Waals surface area contributed by atoms with E-state index < -0.39 is 22.5 Å². The van der Waals surface area contributed by atoms with Crippen LogP contribution in [0.2, 0.25) is 0 Å². The van der Waals surface area contributed by atoms with Crippen molar-refractivity contribution in [3.8, 4) is 5.75 Å². The second-order valence-corrected chi connectivity index (χ2v) is 10.9. The molecule has 2 aliphatic carbocycles. The van der Waals surface area contributed by atoms with E-state index in [-0.39, 0.29) is 17.4 Å². The number of phenolic OH excluding ortho intramolecular Hbond substituents is 1. The standard InChI is InChI=1S/C29H31N3O4/c1-17-8-9-21(33)11-23(17)28-12-20-16-32(2)25(20)29(28,36)13-19-10-22(27(35)31-24(19)14-28)26(34)30-15-18-6-4-3-5-7-18/h3-11,20,25,33,36H,12-16H2,1-2H3,(H,30,34)(H,31,35)/t20?,25-,28-,29-/m1/s1. The number of fused-ring (bicyclic) bond motifs is 4. The molecule has 2 heterocycles. The number of H-pyrrole nitrogens is 1. The van der Waals surface area contributed by atoms with Crippen LogP contribution in [-0.4, -0.2) is 51.2 Å². The normalized spacial score (nSPS) is 28.5. The van der Waals surface area contributed by atoms with Gasteiger partial charge in [0.15, 0.2) is 0 Å². The minimum atomic E-state index is -1.09. The number of aliphatic hydroxyl groups is 1. The topological polar surface area (TPSA) is 106 Å². The quantitative estimate of drug-likeness (QED) is 0.454. The van der Waals surface area contributed by atoms with Gasteiger partial charge in [-0.05, 0) is 66.8 Å². The number of aromatic nitrogens is 1. The van der Waals surface area contributed by atoms with Crippen LogP contribution in [0, 0.1) is 12.8 Å². The van der Waals surface area contributed by atoms with Crippen LogP contribution < -0.4 is 10.9 Å². The Hall–Kier alpha value is -3.42. The molecule has 1 saturated carbocycles. The number of amides is 1. The number of carbonyl (C=O) groups is 1. The number of hydrogen-bond donors (Lipinski definition) is 4. The first-order valence-corrected chi connectivity index (χ1v) is 12.5. The molecule has 4 atom stereocenters. The molecule has 186 valence electrons. The molecule has 2 fully saturated rings. The lowest BCUT2D eigenvalue weighted by Crippen LogP contribution is -2.67. The highest BCUT2D eigenvalue weighted by Gasteiger charge is 2.70. The van der Waals surface area contributed by atoms with E-state index in [9.17, 15) is 19.8 Å². The van der Waals surface area contributed by atoms with Crippen molar-refractivity contribution in [2.24, 2.45) is 5.92 Å². The number of nitrogens with zero attached hydrogens (tertiary/aromatic N) is 1. The number of phenols is 1. The molecule has 1 saturated heterocycles. The maximum absolute atomic E-state index is 13.0. The number of likely N-dealkylation sites (N-methyl/N-ethyl adjacent to an activating group) is 1. The van der Waals surface area contributed by atoms with E-state index in [1.54, 1.807) is 18.2 Å². The lowest BCUT2D eigenvalue weighted by Gasteiger charge is -2.53. The van der Waals surface area contributed by atoms with E-state index in [1.165, 1.54) is 0 Å². The first-order valence-electron chi connectivity index (χ1n) is 12.5. The average Bonchev–Trinajstić information content (AvgIpc) is 3.05. The van der Waals surface area contributed by atoms with Crippen molar-refractivity contribution in [1.82, 2.24) is 15.2 Å². The fraction of sp³-hybridized carbons (Fsp3) is 0.379. The van der Waals surface area contributed by atoms with Crippen molar-refractivity contribution in [1.29, 1.82) is 0 Å². The molecule has 6 rings (SSSR count). The van der Waals surface area contributed by atoms with Gasteiger partial charge in [-0.25, -0.2) is 0 Å². The Labute approximate surface area is 209 Å². The van der Waals surface area contributed by atoms with Crippen LogP contribution in [0.25, 0.3) is 0 Å². The second kappa shape index (κ2) is 8.05. The number of benzene rings is 2. The van der Waals surface area contributed by atoms with Crippen LogP contribution in [0.3, 0.4) is 0 Å². The maximum atomic E-state index is 13.0. The number of pyridine rings is 1. The summed E-state index contributed by atoms with van der Waals surface area (Å²) in [5.41, 5.74) is 2.37. The van der Waals surface area contributed by atoms with Crippen LogP contribution in [0.1, 0.15) is 44.7 Å². The van der Waals surface area contributed by atoms with E-state index in [0.29, 0.717) is 25.3 Å². The molecule has 7 heteroatoms. The van der Waals surface area contributed by atoms with Crippen LogP contribution in [0.5, 0.6) is 5.75 Å². The molecule has 3 aromatic rings. The predicted octanol–water partition coefficient (Wildman–Crippen LogP) is 2.42. The highest BCUT2D eigenvalue weighted by Crippen LogP contribution is 2.61. The lowest BCUT2D eigenvalue weighted by molar-refractivity contribution is -0.108. The van der Waals surface area contributed by atoms with Crippen LogP contribution in [-0.2, 0) is 24.8 Å². The van der Waals surface area contributed by atoms with E-state index in [1.807, 2.05) is 50.4 Å². The zero-order valence-corrected chi connectivity index (χ0v) is 20.5. The molecule has 36 heavy (non-hydrogen) atoms. The number of nitrogens with one attached hydrogen (secondary N) is 2. The molecule has 0 spiro atoms. The number of hydrogen-bond acceptors (Lipinski definition) is 5. The van der Waals surface area contributed by atoms with Gasteiger partial charge in [-0.15, -0.1) is 0 Å². The smallest absolute Gasteiger partial charge is 0.261 e. The van der Waals surface area contributed by atoms with Gasteiger partial charge >= 0.3 is 0 Å². The number of likely N-dealkylation sites (tertiary alicyclic amines) is 1. The molecule has 2 aromatic carbocycles. The van der Waals surface area contributed by atoms with Gasteiger partial charge in [0.05, 0.1) is 5.60 Å². The van der Waals surface area contributed by atoms with Crippen molar-refractivity contribution >= 4 is 5.91 Å². The molecule has 0 radical (unpaired) electrons. The van der Waals surface area contributed by atoms with Crippen molar-refractivity contribution < 1.29 is 15.0 Å². The summed E-state index contributed by atoms with van der Waals surface area (Å²) in [6.07, 6.45) is 1.56. The Morgan fingerprint density at radius 3 is 2.69 bits per heavy atom. The van der Waals surface area contributed by atoms with Crippen molar-refractivity contribution in [3.05, 3.63) is 98.5 Å². The largest absolute Gasteiger partial charge is 0.508 e. The SMILES string of the molecule is Cc1ccc(O)cc1[C@@]12Cc3[nH]c(=O)c(C(=O)NCc4ccccc4)cc3C[C@@]1(O)[C@H]1C(CN1C)C2. The van der Waals surface area contributed by atoms with E-state index in [4.69, 9.17) is 0 Å². The Balaban J connectivity index is 1.40. The Morgan fingerprint density at radius 2 is 1.94 bits per heavy atom. The van der Waals surface area contributed by atoms with Gasteiger partial charge in [0.25, 0.3) is 11.5 Å². The monoisotopic (exact) mass is 485 g/mol. The summed E-state index contributed by atoms with van der Waals surface area (Å²) in [5, 5.41) is 25.7. The summed E-state index contributed by atoms with van der Waals surface area (Å²) >= 11 is 0. The fourth-order valence-electron chi connectivity index (χ4n) is 7.27. The van der Waals surface area contributed by atoms with Gasteiger partial charge in [-0.3, -0.25) is 14.5 Å². The molecule has 0 bridgehead atoms. The first-order chi connectivity index (χ1) is 17.2.